The number of hydrogen-bond donors (Lipinski definition) is 0. The molecule has 2 aromatic carbocycles. The summed E-state index contributed by atoms with van der Waals surface area (Å²) in [5.41, 5.74) is 1.97. The normalized spacial score (nSPS) is 17.3. The van der Waals surface area contributed by atoms with Crippen molar-refractivity contribution in [3.63, 3.8) is 0 Å². The van der Waals surface area contributed by atoms with E-state index in [2.05, 4.69) is 40.4 Å². The Kier molecular flexibility index (Phi) is 10.8. The molecular formula is C28H35ClF3N3O2. The predicted octanol–water partition coefficient (Wildman–Crippen LogP) is 5.97. The van der Waals surface area contributed by atoms with Crippen LogP contribution in [-0.4, -0.2) is 54.1 Å². The van der Waals surface area contributed by atoms with E-state index in [9.17, 15) is 18.0 Å². The first kappa shape index (κ1) is 29.0. The van der Waals surface area contributed by atoms with Crippen LogP contribution in [0.3, 0.4) is 0 Å². The standard InChI is InChI=1S/C28H34F3N3O2.ClH/c29-28(30,31)25-8-4-7-24(20-25)21-36-32-26-11-17-34(18-12-26)27(35)13-16-33-14-9-23(10-15-33)19-22-5-2-1-3-6-22;/h1-8,20,23H,9-19,21H2;1H. The maximum atomic E-state index is 12.8. The van der Waals surface area contributed by atoms with E-state index in [1.165, 1.54) is 24.5 Å². The van der Waals surface area contributed by atoms with Crippen LogP contribution >= 0.6 is 12.4 Å². The Morgan fingerprint density at radius 3 is 2.30 bits per heavy atom. The summed E-state index contributed by atoms with van der Waals surface area (Å²) in [7, 11) is 0. The van der Waals surface area contributed by atoms with Gasteiger partial charge in [0.2, 0.25) is 5.91 Å². The van der Waals surface area contributed by atoms with E-state index < -0.39 is 11.7 Å². The van der Waals surface area contributed by atoms with Crippen LogP contribution in [0.1, 0.15) is 48.8 Å². The van der Waals surface area contributed by atoms with Gasteiger partial charge in [0, 0.05) is 38.9 Å². The highest BCUT2D eigenvalue weighted by molar-refractivity contribution is 5.87. The molecule has 9 heteroatoms. The fraction of sp³-hybridized carbons (Fsp3) is 0.500. The number of oxime groups is 1. The Hall–Kier alpha value is -2.58. The van der Waals surface area contributed by atoms with E-state index >= 15 is 0 Å². The van der Waals surface area contributed by atoms with Gasteiger partial charge in [0.1, 0.15) is 6.61 Å². The zero-order chi connectivity index (χ0) is 25.4. The summed E-state index contributed by atoms with van der Waals surface area (Å²) in [6.07, 6.45) is 0.884. The molecule has 0 N–H and O–H groups in total. The van der Waals surface area contributed by atoms with Crippen molar-refractivity contribution in [2.75, 3.05) is 32.7 Å². The zero-order valence-electron chi connectivity index (χ0n) is 21.0. The van der Waals surface area contributed by atoms with Gasteiger partial charge in [-0.1, -0.05) is 47.6 Å². The van der Waals surface area contributed by atoms with Crippen molar-refractivity contribution < 1.29 is 22.8 Å². The molecule has 0 aliphatic carbocycles. The van der Waals surface area contributed by atoms with Crippen molar-refractivity contribution in [1.29, 1.82) is 0 Å². The molecule has 202 valence electrons. The van der Waals surface area contributed by atoms with Crippen molar-refractivity contribution in [3.8, 4) is 0 Å². The number of alkyl halides is 3. The SMILES string of the molecule is Cl.O=C(CCN1CCC(Cc2ccccc2)CC1)N1CCC(=NOCc2cccc(C(F)(F)F)c2)CC1. The molecule has 2 heterocycles. The topological polar surface area (TPSA) is 45.1 Å². The van der Waals surface area contributed by atoms with Gasteiger partial charge < -0.3 is 14.6 Å². The van der Waals surface area contributed by atoms with E-state index in [-0.39, 0.29) is 24.9 Å². The minimum Gasteiger partial charge on any atom is -0.391 e. The Labute approximate surface area is 223 Å². The van der Waals surface area contributed by atoms with Crippen molar-refractivity contribution in [2.45, 2.75) is 51.3 Å². The van der Waals surface area contributed by atoms with Gasteiger partial charge in [-0.15, -0.1) is 12.4 Å². The lowest BCUT2D eigenvalue weighted by atomic mass is 9.90. The fourth-order valence-electron chi connectivity index (χ4n) is 4.91. The number of benzene rings is 2. The highest BCUT2D eigenvalue weighted by Crippen LogP contribution is 2.29. The molecular weight excluding hydrogens is 503 g/mol. The van der Waals surface area contributed by atoms with Crippen LogP contribution in [0.4, 0.5) is 13.2 Å². The lowest BCUT2D eigenvalue weighted by molar-refractivity contribution is -0.137. The van der Waals surface area contributed by atoms with Gasteiger partial charge in [-0.05, 0) is 61.5 Å². The fourth-order valence-corrected chi connectivity index (χ4v) is 4.91. The van der Waals surface area contributed by atoms with Gasteiger partial charge in [-0.2, -0.15) is 13.2 Å². The third-order valence-corrected chi connectivity index (χ3v) is 7.09. The molecule has 5 nitrogen and oxygen atoms in total. The highest BCUT2D eigenvalue weighted by Gasteiger charge is 2.30. The summed E-state index contributed by atoms with van der Waals surface area (Å²) in [6.45, 7) is 4.08. The summed E-state index contributed by atoms with van der Waals surface area (Å²) >= 11 is 0. The monoisotopic (exact) mass is 537 g/mol. The molecule has 2 aromatic rings. The van der Waals surface area contributed by atoms with E-state index in [1.54, 1.807) is 6.07 Å². The maximum absolute atomic E-state index is 12.8. The number of amides is 1. The van der Waals surface area contributed by atoms with Gasteiger partial charge in [0.05, 0.1) is 11.3 Å². The zero-order valence-corrected chi connectivity index (χ0v) is 21.8. The largest absolute Gasteiger partial charge is 0.416 e. The quantitative estimate of drug-likeness (QED) is 0.390. The summed E-state index contributed by atoms with van der Waals surface area (Å²) in [5, 5.41) is 4.11. The van der Waals surface area contributed by atoms with Gasteiger partial charge in [0.25, 0.3) is 0 Å². The second-order valence-corrected chi connectivity index (χ2v) is 9.73. The molecule has 0 aromatic heterocycles. The molecule has 2 aliphatic rings. The third kappa shape index (κ3) is 9.04. The molecule has 2 aliphatic heterocycles. The van der Waals surface area contributed by atoms with Crippen molar-refractivity contribution in [1.82, 2.24) is 9.80 Å². The molecule has 37 heavy (non-hydrogen) atoms. The molecule has 0 unspecified atom stereocenters. The van der Waals surface area contributed by atoms with Crippen LogP contribution in [0.2, 0.25) is 0 Å². The summed E-state index contributed by atoms with van der Waals surface area (Å²) in [4.78, 5) is 22.3. The van der Waals surface area contributed by atoms with Gasteiger partial charge in [-0.3, -0.25) is 4.79 Å². The first-order chi connectivity index (χ1) is 17.4. The average Bonchev–Trinajstić information content (AvgIpc) is 2.89. The number of carbonyl (C=O) groups excluding carboxylic acids is 1. The number of nitrogens with zero attached hydrogens (tertiary/aromatic N) is 3. The lowest BCUT2D eigenvalue weighted by Crippen LogP contribution is -2.41. The number of carbonyl (C=O) groups is 1. The van der Waals surface area contributed by atoms with Crippen LogP contribution in [0.25, 0.3) is 0 Å². The number of hydrogen-bond acceptors (Lipinski definition) is 4. The van der Waals surface area contributed by atoms with Crippen LogP contribution < -0.4 is 0 Å². The maximum Gasteiger partial charge on any atom is 0.416 e. The number of halogens is 4. The molecule has 1 amide bonds. The molecule has 2 saturated heterocycles. The first-order valence-corrected chi connectivity index (χ1v) is 12.7. The Balaban J connectivity index is 0.00000380. The summed E-state index contributed by atoms with van der Waals surface area (Å²) < 4.78 is 38.5. The highest BCUT2D eigenvalue weighted by atomic mass is 35.5. The van der Waals surface area contributed by atoms with Crippen molar-refractivity contribution >= 4 is 24.0 Å². The smallest absolute Gasteiger partial charge is 0.391 e. The van der Waals surface area contributed by atoms with Crippen LogP contribution in [0.5, 0.6) is 0 Å². The van der Waals surface area contributed by atoms with E-state index in [1.807, 2.05) is 4.90 Å². The number of piperidine rings is 2. The minimum absolute atomic E-state index is 0. The van der Waals surface area contributed by atoms with E-state index in [4.69, 9.17) is 4.84 Å². The molecule has 0 saturated carbocycles. The Bertz CT molecular complexity index is 1010. The van der Waals surface area contributed by atoms with Gasteiger partial charge in [-0.25, -0.2) is 0 Å². The molecule has 2 fully saturated rings. The summed E-state index contributed by atoms with van der Waals surface area (Å²) in [6, 6.07) is 15.7. The molecule has 0 spiro atoms. The minimum atomic E-state index is -4.37. The van der Waals surface area contributed by atoms with E-state index in [0.29, 0.717) is 37.9 Å². The first-order valence-electron chi connectivity index (χ1n) is 12.7. The molecule has 0 atom stereocenters. The Morgan fingerprint density at radius 1 is 0.946 bits per heavy atom. The van der Waals surface area contributed by atoms with Crippen LogP contribution in [0.15, 0.2) is 59.8 Å². The predicted molar refractivity (Wildman–Crippen MR) is 141 cm³/mol. The van der Waals surface area contributed by atoms with Gasteiger partial charge >= 0.3 is 6.18 Å². The van der Waals surface area contributed by atoms with Gasteiger partial charge in [0.15, 0.2) is 0 Å². The average molecular weight is 538 g/mol. The molecule has 4 rings (SSSR count). The molecule has 0 radical (unpaired) electrons. The second-order valence-electron chi connectivity index (χ2n) is 9.73. The van der Waals surface area contributed by atoms with E-state index in [0.717, 1.165) is 49.8 Å². The van der Waals surface area contributed by atoms with Crippen molar-refractivity contribution in [3.05, 3.63) is 71.3 Å². The lowest BCUT2D eigenvalue weighted by Gasteiger charge is -2.33. The Morgan fingerprint density at radius 2 is 1.62 bits per heavy atom. The van der Waals surface area contributed by atoms with Crippen LogP contribution in [-0.2, 0) is 28.8 Å². The van der Waals surface area contributed by atoms with Crippen LogP contribution in [0, 0.1) is 5.92 Å². The third-order valence-electron chi connectivity index (χ3n) is 7.09. The second kappa shape index (κ2) is 13.8. The molecule has 0 bridgehead atoms. The summed E-state index contributed by atoms with van der Waals surface area (Å²) in [5.74, 6) is 0.889. The van der Waals surface area contributed by atoms with Crippen molar-refractivity contribution in [2.24, 2.45) is 11.1 Å². The number of likely N-dealkylation sites (tertiary alicyclic amines) is 2. The number of rotatable bonds is 8.